The van der Waals surface area contributed by atoms with Crippen molar-refractivity contribution in [1.82, 2.24) is 0 Å². The van der Waals surface area contributed by atoms with Gasteiger partial charge >= 0.3 is 0 Å². The molecule has 0 saturated carbocycles. The van der Waals surface area contributed by atoms with Gasteiger partial charge in [-0.3, -0.25) is 4.79 Å². The van der Waals surface area contributed by atoms with E-state index in [0.717, 1.165) is 6.42 Å². The van der Waals surface area contributed by atoms with Crippen molar-refractivity contribution in [2.75, 3.05) is 6.61 Å². The van der Waals surface area contributed by atoms with Crippen LogP contribution in [-0.4, -0.2) is 24.3 Å². The molecule has 0 aliphatic carbocycles. The molecule has 0 amide bonds. The minimum absolute atomic E-state index is 0.0109. The van der Waals surface area contributed by atoms with Crippen molar-refractivity contribution >= 4 is 5.78 Å². The van der Waals surface area contributed by atoms with Gasteiger partial charge in [0.15, 0.2) is 5.79 Å². The average molecular weight is 230 g/mol. The molecule has 1 aliphatic rings. The molecule has 0 aromatic heterocycles. The van der Waals surface area contributed by atoms with Gasteiger partial charge in [-0.25, -0.2) is 0 Å². The summed E-state index contributed by atoms with van der Waals surface area (Å²) >= 11 is 0. The lowest BCUT2D eigenvalue weighted by atomic mass is 9.95. The third-order valence-electron chi connectivity index (χ3n) is 2.70. The predicted octanol–water partition coefficient (Wildman–Crippen LogP) is 3.17. The van der Waals surface area contributed by atoms with Gasteiger partial charge in [0.2, 0.25) is 0 Å². The summed E-state index contributed by atoms with van der Waals surface area (Å²) in [6.07, 6.45) is 1.42. The van der Waals surface area contributed by atoms with E-state index in [4.69, 9.17) is 9.47 Å². The molecule has 1 saturated heterocycles. The van der Waals surface area contributed by atoms with Crippen LogP contribution in [-0.2, 0) is 14.3 Å². The van der Waals surface area contributed by atoms with E-state index in [0.29, 0.717) is 13.0 Å². The van der Waals surface area contributed by atoms with E-state index >= 15 is 0 Å². The SMILES string of the molecule is CC.CCC(=O)C(C)C1CCOC(C)(C)O1. The number of ether oxygens (including phenoxy) is 2. The predicted molar refractivity (Wildman–Crippen MR) is 65.3 cm³/mol. The molecule has 0 aromatic rings. The lowest BCUT2D eigenvalue weighted by Gasteiger charge is -2.38. The van der Waals surface area contributed by atoms with Crippen LogP contribution >= 0.6 is 0 Å². The summed E-state index contributed by atoms with van der Waals surface area (Å²) in [5.74, 6) is -0.276. The summed E-state index contributed by atoms with van der Waals surface area (Å²) < 4.78 is 11.1. The summed E-state index contributed by atoms with van der Waals surface area (Å²) in [6, 6.07) is 0. The minimum Gasteiger partial charge on any atom is -0.350 e. The lowest BCUT2D eigenvalue weighted by molar-refractivity contribution is -0.279. The summed E-state index contributed by atoms with van der Waals surface area (Å²) in [6.45, 7) is 12.3. The number of ketones is 1. The molecule has 1 rings (SSSR count). The van der Waals surface area contributed by atoms with Gasteiger partial charge in [-0.2, -0.15) is 0 Å². The van der Waals surface area contributed by atoms with Gasteiger partial charge in [-0.1, -0.05) is 27.7 Å². The topological polar surface area (TPSA) is 35.5 Å². The van der Waals surface area contributed by atoms with Crippen LogP contribution in [0.25, 0.3) is 0 Å². The molecule has 3 heteroatoms. The summed E-state index contributed by atoms with van der Waals surface area (Å²) in [5.41, 5.74) is 0. The highest BCUT2D eigenvalue weighted by atomic mass is 16.7. The van der Waals surface area contributed by atoms with Gasteiger partial charge in [0.25, 0.3) is 0 Å². The summed E-state index contributed by atoms with van der Waals surface area (Å²) in [4.78, 5) is 11.5. The zero-order valence-electron chi connectivity index (χ0n) is 11.5. The highest BCUT2D eigenvalue weighted by molar-refractivity contribution is 5.80. The second kappa shape index (κ2) is 7.02. The maximum atomic E-state index is 11.5. The third-order valence-corrected chi connectivity index (χ3v) is 2.70. The maximum absolute atomic E-state index is 11.5. The number of Topliss-reactive ketones (excluding diaryl/α,β-unsaturated/α-hetero) is 1. The number of carbonyl (C=O) groups is 1. The Morgan fingerprint density at radius 3 is 2.44 bits per heavy atom. The molecule has 16 heavy (non-hydrogen) atoms. The van der Waals surface area contributed by atoms with E-state index in [1.165, 1.54) is 0 Å². The van der Waals surface area contributed by atoms with Crippen molar-refractivity contribution in [1.29, 1.82) is 0 Å². The van der Waals surface area contributed by atoms with Crippen molar-refractivity contribution in [2.45, 2.75) is 66.3 Å². The first kappa shape index (κ1) is 15.6. The molecule has 96 valence electrons. The molecule has 0 aromatic carbocycles. The Balaban J connectivity index is 0.00000106. The van der Waals surface area contributed by atoms with Crippen molar-refractivity contribution in [2.24, 2.45) is 5.92 Å². The standard InChI is InChI=1S/C11H20O3.C2H6/c1-5-9(12)8(2)10-6-7-13-11(3,4)14-10;1-2/h8,10H,5-7H2,1-4H3;1-2H3. The molecule has 0 spiro atoms. The van der Waals surface area contributed by atoms with Crippen LogP contribution in [0.15, 0.2) is 0 Å². The second-order valence-corrected chi connectivity index (χ2v) is 4.30. The van der Waals surface area contributed by atoms with Gasteiger partial charge in [-0.05, 0) is 20.3 Å². The summed E-state index contributed by atoms with van der Waals surface area (Å²) in [5, 5.41) is 0. The average Bonchev–Trinajstić information content (AvgIpc) is 2.28. The zero-order chi connectivity index (χ0) is 12.8. The number of rotatable bonds is 3. The van der Waals surface area contributed by atoms with E-state index in [9.17, 15) is 4.79 Å². The third kappa shape index (κ3) is 4.62. The number of hydrogen-bond donors (Lipinski definition) is 0. The van der Waals surface area contributed by atoms with E-state index in [1.54, 1.807) is 0 Å². The Bertz CT molecular complexity index is 211. The fourth-order valence-corrected chi connectivity index (χ4v) is 1.76. The Labute approximate surface area is 99.5 Å². The highest BCUT2D eigenvalue weighted by Gasteiger charge is 2.34. The first-order valence-electron chi connectivity index (χ1n) is 6.31. The van der Waals surface area contributed by atoms with E-state index in [2.05, 4.69) is 0 Å². The van der Waals surface area contributed by atoms with Crippen molar-refractivity contribution in [3.8, 4) is 0 Å². The van der Waals surface area contributed by atoms with Crippen LogP contribution in [0.2, 0.25) is 0 Å². The van der Waals surface area contributed by atoms with Crippen molar-refractivity contribution < 1.29 is 14.3 Å². The number of carbonyl (C=O) groups excluding carboxylic acids is 1. The molecule has 2 unspecified atom stereocenters. The zero-order valence-corrected chi connectivity index (χ0v) is 11.5. The molecule has 2 atom stereocenters. The molecular weight excluding hydrogens is 204 g/mol. The van der Waals surface area contributed by atoms with Crippen molar-refractivity contribution in [3.05, 3.63) is 0 Å². The van der Waals surface area contributed by atoms with Crippen LogP contribution < -0.4 is 0 Å². The fraction of sp³-hybridized carbons (Fsp3) is 0.923. The van der Waals surface area contributed by atoms with Crippen LogP contribution in [0.3, 0.4) is 0 Å². The molecule has 0 N–H and O–H groups in total. The van der Waals surface area contributed by atoms with Gasteiger partial charge in [0, 0.05) is 12.3 Å². The minimum atomic E-state index is -0.537. The van der Waals surface area contributed by atoms with Gasteiger partial charge in [0.05, 0.1) is 12.7 Å². The summed E-state index contributed by atoms with van der Waals surface area (Å²) in [7, 11) is 0. The molecule has 0 radical (unpaired) electrons. The second-order valence-electron chi connectivity index (χ2n) is 4.30. The number of hydrogen-bond acceptors (Lipinski definition) is 3. The Morgan fingerprint density at radius 1 is 1.44 bits per heavy atom. The molecule has 3 nitrogen and oxygen atoms in total. The molecular formula is C13H26O3. The first-order valence-corrected chi connectivity index (χ1v) is 6.31. The largest absolute Gasteiger partial charge is 0.350 e. The van der Waals surface area contributed by atoms with Crippen LogP contribution in [0.5, 0.6) is 0 Å². The van der Waals surface area contributed by atoms with E-state index in [1.807, 2.05) is 41.5 Å². The highest BCUT2D eigenvalue weighted by Crippen LogP contribution is 2.27. The first-order chi connectivity index (χ1) is 7.46. The van der Waals surface area contributed by atoms with E-state index < -0.39 is 5.79 Å². The smallest absolute Gasteiger partial charge is 0.163 e. The molecule has 0 bridgehead atoms. The Morgan fingerprint density at radius 2 is 2.00 bits per heavy atom. The van der Waals surface area contributed by atoms with Crippen molar-refractivity contribution in [3.63, 3.8) is 0 Å². The van der Waals surface area contributed by atoms with Gasteiger partial charge < -0.3 is 9.47 Å². The molecule has 1 fully saturated rings. The Kier molecular flexibility index (Phi) is 6.84. The van der Waals surface area contributed by atoms with Crippen LogP contribution in [0.4, 0.5) is 0 Å². The van der Waals surface area contributed by atoms with E-state index in [-0.39, 0.29) is 17.8 Å². The normalized spacial score (nSPS) is 25.2. The van der Waals surface area contributed by atoms with Gasteiger partial charge in [-0.15, -0.1) is 0 Å². The van der Waals surface area contributed by atoms with Crippen LogP contribution in [0.1, 0.15) is 54.4 Å². The molecule has 1 heterocycles. The molecule has 1 aliphatic heterocycles. The van der Waals surface area contributed by atoms with Gasteiger partial charge in [0.1, 0.15) is 5.78 Å². The monoisotopic (exact) mass is 230 g/mol. The fourth-order valence-electron chi connectivity index (χ4n) is 1.76. The Hall–Kier alpha value is -0.410. The quantitative estimate of drug-likeness (QED) is 0.747. The van der Waals surface area contributed by atoms with Crippen LogP contribution in [0, 0.1) is 5.92 Å². The maximum Gasteiger partial charge on any atom is 0.163 e. The lowest BCUT2D eigenvalue weighted by Crippen LogP contribution is -2.44.